The Morgan fingerprint density at radius 3 is 2.32 bits per heavy atom. The lowest BCUT2D eigenvalue weighted by atomic mass is 10.1. The summed E-state index contributed by atoms with van der Waals surface area (Å²) in [4.78, 5) is 39.2. The first-order valence-electron chi connectivity index (χ1n) is 13.9. The van der Waals surface area contributed by atoms with Crippen molar-refractivity contribution in [3.05, 3.63) is 92.5 Å². The molecule has 44 heavy (non-hydrogen) atoms. The number of aryl methyl sites for hydroxylation is 2. The quantitative estimate of drug-likeness (QED) is 0.198. The van der Waals surface area contributed by atoms with Gasteiger partial charge in [0.2, 0.25) is 11.8 Å². The number of nitro groups is 1. The zero-order valence-electron chi connectivity index (χ0n) is 25.5. The molecule has 0 spiro atoms. The number of carbonyl (C=O) groups excluding carboxylic acids is 2. The van der Waals surface area contributed by atoms with Crippen LogP contribution in [0.3, 0.4) is 0 Å². The lowest BCUT2D eigenvalue weighted by Gasteiger charge is -2.32. The molecule has 0 aromatic heterocycles. The maximum Gasteiger partial charge on any atom is 0.273 e. The number of halogens is 1. The molecular weight excluding hydrogens is 608 g/mol. The van der Waals surface area contributed by atoms with Crippen molar-refractivity contribution in [2.45, 2.75) is 52.1 Å². The van der Waals surface area contributed by atoms with Gasteiger partial charge in [0.05, 0.1) is 22.6 Å². The minimum atomic E-state index is -4.61. The molecule has 3 rings (SSSR count). The van der Waals surface area contributed by atoms with Crippen LogP contribution in [0.15, 0.2) is 65.6 Å². The zero-order chi connectivity index (χ0) is 32.8. The second-order valence-corrected chi connectivity index (χ2v) is 13.1. The standard InChI is InChI=1S/C31H37ClN4O7S/c1-20(2)17-33-31(38)23(5)34(18-24-10-8-7-9-21(24)3)30(37)19-35(28-15-25(32)12-14-29(28)43-6)44(41,42)26-13-11-22(4)27(16-26)36(39)40/h7-16,20,23H,17-19H2,1-6H3,(H,33,38)/t23-/m1/s1. The van der Waals surface area contributed by atoms with Crippen molar-refractivity contribution in [3.63, 3.8) is 0 Å². The summed E-state index contributed by atoms with van der Waals surface area (Å²) in [5.74, 6) is -0.820. The average Bonchev–Trinajstić information content (AvgIpc) is 2.97. The molecule has 0 radical (unpaired) electrons. The Balaban J connectivity index is 2.16. The van der Waals surface area contributed by atoms with Gasteiger partial charge in [0.15, 0.2) is 0 Å². The molecule has 0 aliphatic heterocycles. The Labute approximate surface area is 263 Å². The molecule has 11 nitrogen and oxygen atoms in total. The highest BCUT2D eigenvalue weighted by molar-refractivity contribution is 7.92. The van der Waals surface area contributed by atoms with Crippen molar-refractivity contribution in [3.8, 4) is 5.75 Å². The van der Waals surface area contributed by atoms with Crippen molar-refractivity contribution in [2.75, 3.05) is 24.5 Å². The fourth-order valence-corrected chi connectivity index (χ4v) is 6.05. The molecule has 0 aliphatic rings. The maximum absolute atomic E-state index is 14.2. The number of anilines is 1. The predicted molar refractivity (Wildman–Crippen MR) is 169 cm³/mol. The Morgan fingerprint density at radius 1 is 1.02 bits per heavy atom. The van der Waals surface area contributed by atoms with Crippen LogP contribution in [0.1, 0.15) is 37.5 Å². The molecule has 0 unspecified atom stereocenters. The van der Waals surface area contributed by atoms with Crippen molar-refractivity contribution in [1.82, 2.24) is 10.2 Å². The topological polar surface area (TPSA) is 139 Å². The minimum absolute atomic E-state index is 0.0261. The molecule has 0 bridgehead atoms. The van der Waals surface area contributed by atoms with Crippen molar-refractivity contribution in [2.24, 2.45) is 5.92 Å². The summed E-state index contributed by atoms with van der Waals surface area (Å²) in [7, 11) is -3.28. The number of sulfonamides is 1. The molecule has 0 saturated carbocycles. The van der Waals surface area contributed by atoms with Crippen molar-refractivity contribution in [1.29, 1.82) is 0 Å². The summed E-state index contributed by atoms with van der Waals surface area (Å²) in [6, 6.07) is 14.2. The normalized spacial score (nSPS) is 12.0. The number of hydrogen-bond donors (Lipinski definition) is 1. The molecule has 13 heteroatoms. The number of nitro benzene ring substituents is 1. The minimum Gasteiger partial charge on any atom is -0.495 e. The number of methoxy groups -OCH3 is 1. The largest absolute Gasteiger partial charge is 0.495 e. The van der Waals surface area contributed by atoms with Gasteiger partial charge in [0, 0.05) is 29.7 Å². The highest BCUT2D eigenvalue weighted by Gasteiger charge is 2.35. The number of nitrogens with one attached hydrogen (secondary N) is 1. The third-order valence-corrected chi connectivity index (χ3v) is 9.10. The summed E-state index contributed by atoms with van der Waals surface area (Å²) in [5, 5.41) is 14.7. The van der Waals surface area contributed by atoms with Crippen LogP contribution in [-0.4, -0.2) is 56.3 Å². The van der Waals surface area contributed by atoms with Crippen LogP contribution in [0.4, 0.5) is 11.4 Å². The first kappa shape index (κ1) is 34.3. The predicted octanol–water partition coefficient (Wildman–Crippen LogP) is 5.26. The van der Waals surface area contributed by atoms with E-state index in [9.17, 15) is 28.1 Å². The Kier molecular flexibility index (Phi) is 11.3. The number of hydrogen-bond acceptors (Lipinski definition) is 7. The Hall–Kier alpha value is -4.16. The third-order valence-electron chi connectivity index (χ3n) is 7.11. The monoisotopic (exact) mass is 644 g/mol. The molecule has 236 valence electrons. The highest BCUT2D eigenvalue weighted by Crippen LogP contribution is 2.36. The second-order valence-electron chi connectivity index (χ2n) is 10.8. The Bertz CT molecular complexity index is 1650. The molecule has 3 aromatic rings. The van der Waals surface area contributed by atoms with E-state index in [0.29, 0.717) is 6.54 Å². The van der Waals surface area contributed by atoms with Gasteiger partial charge in [0.1, 0.15) is 18.3 Å². The van der Waals surface area contributed by atoms with Crippen molar-refractivity contribution < 1.29 is 27.7 Å². The SMILES string of the molecule is COc1ccc(Cl)cc1N(CC(=O)N(Cc1ccccc1C)[C@H](C)C(=O)NCC(C)C)S(=O)(=O)c1ccc(C)c([N+](=O)[O-])c1. The molecule has 2 amide bonds. The summed E-state index contributed by atoms with van der Waals surface area (Å²) in [6.07, 6.45) is 0. The van der Waals surface area contributed by atoms with Gasteiger partial charge < -0.3 is 15.0 Å². The molecule has 0 aliphatic carbocycles. The number of amides is 2. The highest BCUT2D eigenvalue weighted by atomic mass is 35.5. The lowest BCUT2D eigenvalue weighted by molar-refractivity contribution is -0.385. The summed E-state index contributed by atoms with van der Waals surface area (Å²) in [5.41, 5.74) is 1.47. The number of rotatable bonds is 13. The average molecular weight is 645 g/mol. The van der Waals surface area contributed by atoms with E-state index in [-0.39, 0.29) is 34.5 Å². The van der Waals surface area contributed by atoms with E-state index in [1.165, 1.54) is 49.3 Å². The van der Waals surface area contributed by atoms with Crippen LogP contribution in [0.25, 0.3) is 0 Å². The third kappa shape index (κ3) is 8.06. The second kappa shape index (κ2) is 14.5. The van der Waals surface area contributed by atoms with Gasteiger partial charge in [-0.15, -0.1) is 0 Å². The van der Waals surface area contributed by atoms with Gasteiger partial charge in [-0.2, -0.15) is 0 Å². The smallest absolute Gasteiger partial charge is 0.273 e. The van der Waals surface area contributed by atoms with Crippen LogP contribution in [0.5, 0.6) is 5.75 Å². The molecule has 3 aromatic carbocycles. The summed E-state index contributed by atoms with van der Waals surface area (Å²) < 4.78 is 34.6. The van der Waals surface area contributed by atoms with Crippen LogP contribution in [0.2, 0.25) is 5.02 Å². The van der Waals surface area contributed by atoms with E-state index < -0.39 is 49.9 Å². The van der Waals surface area contributed by atoms with Gasteiger partial charge in [-0.25, -0.2) is 8.42 Å². The van der Waals surface area contributed by atoms with Gasteiger partial charge in [0.25, 0.3) is 15.7 Å². The van der Waals surface area contributed by atoms with E-state index in [1.807, 2.05) is 45.0 Å². The van der Waals surface area contributed by atoms with Crippen LogP contribution in [-0.2, 0) is 26.2 Å². The van der Waals surface area contributed by atoms with Crippen LogP contribution >= 0.6 is 11.6 Å². The summed E-state index contributed by atoms with van der Waals surface area (Å²) in [6.45, 7) is 8.49. The van der Waals surface area contributed by atoms with Gasteiger partial charge in [-0.3, -0.25) is 24.0 Å². The first-order chi connectivity index (χ1) is 20.7. The van der Waals surface area contributed by atoms with Gasteiger partial charge in [-0.05, 0) is 62.1 Å². The number of benzene rings is 3. The number of carbonyl (C=O) groups is 2. The molecular formula is C31H37ClN4O7S. The molecule has 0 fully saturated rings. The Morgan fingerprint density at radius 2 is 1.70 bits per heavy atom. The maximum atomic E-state index is 14.2. The molecule has 1 N–H and O–H groups in total. The fraction of sp³-hybridized carbons (Fsp3) is 0.355. The van der Waals surface area contributed by atoms with E-state index >= 15 is 0 Å². The zero-order valence-corrected chi connectivity index (χ0v) is 27.1. The van der Waals surface area contributed by atoms with Crippen LogP contribution in [0, 0.1) is 29.9 Å². The van der Waals surface area contributed by atoms with E-state index in [2.05, 4.69) is 5.32 Å². The van der Waals surface area contributed by atoms with Gasteiger partial charge >= 0.3 is 0 Å². The molecule has 1 atom stereocenters. The molecule has 0 heterocycles. The lowest BCUT2D eigenvalue weighted by Crippen LogP contribution is -2.51. The van der Waals surface area contributed by atoms with E-state index in [0.717, 1.165) is 21.5 Å². The van der Waals surface area contributed by atoms with Crippen molar-refractivity contribution >= 4 is 44.8 Å². The fourth-order valence-electron chi connectivity index (χ4n) is 4.45. The van der Waals surface area contributed by atoms with Gasteiger partial charge in [-0.1, -0.05) is 55.8 Å². The van der Waals surface area contributed by atoms with Crippen LogP contribution < -0.4 is 14.4 Å². The van der Waals surface area contributed by atoms with E-state index in [4.69, 9.17) is 16.3 Å². The molecule has 0 saturated heterocycles. The first-order valence-corrected chi connectivity index (χ1v) is 15.7. The number of ether oxygens (including phenoxy) is 1. The summed E-state index contributed by atoms with van der Waals surface area (Å²) >= 11 is 6.26. The van der Waals surface area contributed by atoms with E-state index in [1.54, 1.807) is 6.92 Å². The number of nitrogens with zero attached hydrogens (tertiary/aromatic N) is 3.